The lowest BCUT2D eigenvalue weighted by molar-refractivity contribution is -0.119. The highest BCUT2D eigenvalue weighted by Gasteiger charge is 2.12. The van der Waals surface area contributed by atoms with E-state index in [0.29, 0.717) is 17.9 Å². The molecule has 2 rings (SSSR count). The molecule has 0 fully saturated rings. The summed E-state index contributed by atoms with van der Waals surface area (Å²) >= 11 is 0. The molecule has 0 saturated carbocycles. The molecular formula is C20H24FN3O2. The number of benzene rings is 2. The minimum atomic E-state index is -0.348. The number of nitrogens with one attached hydrogen (secondary N) is 2. The summed E-state index contributed by atoms with van der Waals surface area (Å²) in [5.74, 6) is -0.425. The number of carbonyl (C=O) groups is 2. The summed E-state index contributed by atoms with van der Waals surface area (Å²) in [6, 6.07) is 12.7. The van der Waals surface area contributed by atoms with Crippen molar-refractivity contribution in [3.05, 3.63) is 59.9 Å². The number of hydrogen-bond acceptors (Lipinski definition) is 2. The second-order valence-corrected chi connectivity index (χ2v) is 6.19. The van der Waals surface area contributed by atoms with Crippen LogP contribution in [-0.2, 0) is 11.3 Å². The topological polar surface area (TPSA) is 61.4 Å². The maximum absolute atomic E-state index is 13.0. The van der Waals surface area contributed by atoms with Gasteiger partial charge in [0.25, 0.3) is 0 Å². The fourth-order valence-electron chi connectivity index (χ4n) is 2.29. The second-order valence-electron chi connectivity index (χ2n) is 6.19. The molecule has 1 atom stereocenters. The van der Waals surface area contributed by atoms with Crippen LogP contribution < -0.4 is 15.5 Å². The fraction of sp³-hybridized carbons (Fsp3) is 0.300. The zero-order chi connectivity index (χ0) is 19.1. The van der Waals surface area contributed by atoms with E-state index in [9.17, 15) is 14.0 Å². The van der Waals surface area contributed by atoms with E-state index < -0.39 is 0 Å². The largest absolute Gasteiger partial charge is 0.334 e. The second kappa shape index (κ2) is 8.99. The molecule has 0 aliphatic rings. The number of anilines is 2. The van der Waals surface area contributed by atoms with Crippen molar-refractivity contribution in [2.24, 2.45) is 5.92 Å². The highest BCUT2D eigenvalue weighted by molar-refractivity contribution is 5.92. The number of rotatable bonds is 6. The van der Waals surface area contributed by atoms with Crippen molar-refractivity contribution in [3.8, 4) is 0 Å². The summed E-state index contributed by atoms with van der Waals surface area (Å²) in [5, 5.41) is 5.68. The molecule has 1 unspecified atom stereocenters. The Labute approximate surface area is 153 Å². The number of amides is 3. The first-order valence-electron chi connectivity index (χ1n) is 8.57. The van der Waals surface area contributed by atoms with Gasteiger partial charge in [0.15, 0.2) is 0 Å². The normalized spacial score (nSPS) is 11.5. The van der Waals surface area contributed by atoms with Gasteiger partial charge in [0.05, 0.1) is 0 Å². The summed E-state index contributed by atoms with van der Waals surface area (Å²) in [6.45, 7) is 4.16. The van der Waals surface area contributed by atoms with Crippen LogP contribution in [0.15, 0.2) is 48.5 Å². The van der Waals surface area contributed by atoms with E-state index in [1.54, 1.807) is 19.2 Å². The lowest BCUT2D eigenvalue weighted by atomic mass is 10.1. The molecule has 6 heteroatoms. The van der Waals surface area contributed by atoms with Crippen molar-refractivity contribution >= 4 is 23.3 Å². The number of urea groups is 1. The van der Waals surface area contributed by atoms with Gasteiger partial charge in [0, 0.05) is 30.9 Å². The molecule has 0 aliphatic carbocycles. The molecule has 0 spiro atoms. The molecule has 0 aromatic heterocycles. The first kappa shape index (κ1) is 19.4. The van der Waals surface area contributed by atoms with Crippen molar-refractivity contribution in [2.75, 3.05) is 17.3 Å². The number of carbonyl (C=O) groups excluding carboxylic acids is 2. The van der Waals surface area contributed by atoms with Crippen molar-refractivity contribution in [1.82, 2.24) is 5.32 Å². The first-order valence-corrected chi connectivity index (χ1v) is 8.57. The van der Waals surface area contributed by atoms with E-state index in [2.05, 4.69) is 10.6 Å². The molecule has 26 heavy (non-hydrogen) atoms. The average molecular weight is 357 g/mol. The Balaban J connectivity index is 1.94. The average Bonchev–Trinajstić information content (AvgIpc) is 2.65. The van der Waals surface area contributed by atoms with Gasteiger partial charge in [-0.25, -0.2) is 9.18 Å². The van der Waals surface area contributed by atoms with Gasteiger partial charge in [-0.15, -0.1) is 0 Å². The third-order valence-electron chi connectivity index (χ3n) is 4.22. The number of nitrogens with zero attached hydrogens (tertiary/aromatic N) is 1. The van der Waals surface area contributed by atoms with Gasteiger partial charge >= 0.3 is 6.03 Å². The predicted molar refractivity (Wildman–Crippen MR) is 102 cm³/mol. The van der Waals surface area contributed by atoms with Crippen LogP contribution in [0.4, 0.5) is 20.6 Å². The predicted octanol–water partition coefficient (Wildman–Crippen LogP) is 4.16. The minimum Gasteiger partial charge on any atom is -0.334 e. The Morgan fingerprint density at radius 2 is 1.85 bits per heavy atom. The first-order chi connectivity index (χ1) is 12.4. The Kier molecular flexibility index (Phi) is 6.72. The molecule has 0 bridgehead atoms. The van der Waals surface area contributed by atoms with Crippen LogP contribution in [0.25, 0.3) is 0 Å². The van der Waals surface area contributed by atoms with E-state index in [0.717, 1.165) is 12.0 Å². The summed E-state index contributed by atoms with van der Waals surface area (Å²) in [6.07, 6.45) is 0.775. The fourth-order valence-corrected chi connectivity index (χ4v) is 2.29. The summed E-state index contributed by atoms with van der Waals surface area (Å²) < 4.78 is 13.0. The van der Waals surface area contributed by atoms with E-state index in [-0.39, 0.29) is 23.7 Å². The zero-order valence-electron chi connectivity index (χ0n) is 15.3. The van der Waals surface area contributed by atoms with Crippen molar-refractivity contribution in [2.45, 2.75) is 26.8 Å². The van der Waals surface area contributed by atoms with Gasteiger partial charge in [-0.1, -0.05) is 26.0 Å². The van der Waals surface area contributed by atoms with Gasteiger partial charge in [0.2, 0.25) is 5.91 Å². The van der Waals surface area contributed by atoms with Crippen molar-refractivity contribution in [3.63, 3.8) is 0 Å². The molecule has 3 amide bonds. The zero-order valence-corrected chi connectivity index (χ0v) is 15.3. The monoisotopic (exact) mass is 357 g/mol. The van der Waals surface area contributed by atoms with Crippen LogP contribution in [0.5, 0.6) is 0 Å². The Bertz CT molecular complexity index is 762. The van der Waals surface area contributed by atoms with Crippen molar-refractivity contribution in [1.29, 1.82) is 0 Å². The molecule has 0 saturated heterocycles. The Morgan fingerprint density at radius 1 is 1.15 bits per heavy atom. The van der Waals surface area contributed by atoms with Crippen LogP contribution in [-0.4, -0.2) is 19.0 Å². The smallest absolute Gasteiger partial charge is 0.321 e. The molecule has 0 heterocycles. The summed E-state index contributed by atoms with van der Waals surface area (Å²) in [5.41, 5.74) is 2.17. The van der Waals surface area contributed by atoms with E-state index in [1.807, 2.05) is 38.1 Å². The van der Waals surface area contributed by atoms with E-state index in [1.165, 1.54) is 17.0 Å². The van der Waals surface area contributed by atoms with Crippen LogP contribution in [0, 0.1) is 11.7 Å². The molecule has 0 radical (unpaired) electrons. The maximum atomic E-state index is 13.0. The maximum Gasteiger partial charge on any atom is 0.321 e. The third kappa shape index (κ3) is 5.31. The quantitative estimate of drug-likeness (QED) is 0.816. The molecule has 2 aromatic rings. The Morgan fingerprint density at radius 3 is 2.50 bits per heavy atom. The molecule has 2 aromatic carbocycles. The summed E-state index contributed by atoms with van der Waals surface area (Å²) in [7, 11) is 1.62. The number of hydrogen-bond donors (Lipinski definition) is 2. The standard InChI is InChI=1S/C20H24FN3O2/c1-4-14(2)19(25)23-17-7-5-6-15(12-17)13-22-20(26)24(3)18-10-8-16(21)9-11-18/h5-12,14H,4,13H2,1-3H3,(H,22,26)(H,23,25). The third-order valence-corrected chi connectivity index (χ3v) is 4.22. The molecule has 2 N–H and O–H groups in total. The highest BCUT2D eigenvalue weighted by atomic mass is 19.1. The molecular weight excluding hydrogens is 333 g/mol. The Hall–Kier alpha value is -2.89. The van der Waals surface area contributed by atoms with Crippen LogP contribution in [0.1, 0.15) is 25.8 Å². The van der Waals surface area contributed by atoms with Gasteiger partial charge in [-0.3, -0.25) is 9.69 Å². The van der Waals surface area contributed by atoms with Gasteiger partial charge in [0.1, 0.15) is 5.82 Å². The van der Waals surface area contributed by atoms with Crippen LogP contribution in [0.3, 0.4) is 0 Å². The van der Waals surface area contributed by atoms with Crippen LogP contribution in [0.2, 0.25) is 0 Å². The summed E-state index contributed by atoms with van der Waals surface area (Å²) in [4.78, 5) is 25.6. The minimum absolute atomic E-state index is 0.0234. The van der Waals surface area contributed by atoms with Crippen molar-refractivity contribution < 1.29 is 14.0 Å². The lowest BCUT2D eigenvalue weighted by Gasteiger charge is -2.18. The number of halogens is 1. The molecule has 0 aliphatic heterocycles. The van der Waals surface area contributed by atoms with E-state index >= 15 is 0 Å². The van der Waals surface area contributed by atoms with E-state index in [4.69, 9.17) is 0 Å². The SMILES string of the molecule is CCC(C)C(=O)Nc1cccc(CNC(=O)N(C)c2ccc(F)cc2)c1. The van der Waals surface area contributed by atoms with Crippen LogP contribution >= 0.6 is 0 Å². The van der Waals surface area contributed by atoms with Gasteiger partial charge in [-0.05, 0) is 48.4 Å². The highest BCUT2D eigenvalue weighted by Crippen LogP contribution is 2.15. The van der Waals surface area contributed by atoms with Gasteiger partial charge < -0.3 is 10.6 Å². The van der Waals surface area contributed by atoms with Gasteiger partial charge in [-0.2, -0.15) is 0 Å². The molecule has 5 nitrogen and oxygen atoms in total. The lowest BCUT2D eigenvalue weighted by Crippen LogP contribution is -2.36. The molecule has 138 valence electrons.